The minimum Gasteiger partial charge on any atom is -0.126 e. The molecule has 0 saturated heterocycles. The highest BCUT2D eigenvalue weighted by atomic mass is 35.5. The van der Waals surface area contributed by atoms with E-state index in [1.807, 2.05) is 0 Å². The molecule has 0 spiro atoms. The summed E-state index contributed by atoms with van der Waals surface area (Å²) in [5.74, 6) is 3.02. The molecule has 0 aromatic heterocycles. The van der Waals surface area contributed by atoms with Crippen molar-refractivity contribution < 1.29 is 0 Å². The van der Waals surface area contributed by atoms with Crippen LogP contribution in [0, 0.1) is 28.6 Å². The number of hydrogen-bond acceptors (Lipinski definition) is 0. The third kappa shape index (κ3) is 1.17. The van der Waals surface area contributed by atoms with Crippen LogP contribution in [0.2, 0.25) is 0 Å². The van der Waals surface area contributed by atoms with Crippen LogP contribution in [0.1, 0.15) is 41.5 Å². The molecule has 0 nitrogen and oxygen atoms in total. The Morgan fingerprint density at radius 3 is 1.54 bits per heavy atom. The first kappa shape index (κ1) is 11.4. The van der Waals surface area contributed by atoms with Crippen LogP contribution in [0.15, 0.2) is 0 Å². The van der Waals surface area contributed by atoms with Gasteiger partial charge in [-0.3, -0.25) is 0 Å². The van der Waals surface area contributed by atoms with Gasteiger partial charge in [0.15, 0.2) is 0 Å². The molecule has 1 fully saturated rings. The summed E-state index contributed by atoms with van der Waals surface area (Å²) in [5, 5.41) is 0. The van der Waals surface area contributed by atoms with Gasteiger partial charge in [-0.2, -0.15) is 0 Å². The Bertz CT molecular complexity index is 183. The fourth-order valence-electron chi connectivity index (χ4n) is 4.22. The molecule has 1 rings (SSSR count). The molecule has 0 aromatic carbocycles. The van der Waals surface area contributed by atoms with E-state index in [-0.39, 0.29) is 0 Å². The topological polar surface area (TPSA) is 0 Å². The van der Waals surface area contributed by atoms with Crippen molar-refractivity contribution in [2.75, 3.05) is 5.88 Å². The Hall–Kier alpha value is 0.290. The van der Waals surface area contributed by atoms with Gasteiger partial charge in [0, 0.05) is 5.88 Å². The Morgan fingerprint density at radius 2 is 1.46 bits per heavy atom. The van der Waals surface area contributed by atoms with Crippen molar-refractivity contribution >= 4 is 11.6 Å². The summed E-state index contributed by atoms with van der Waals surface area (Å²) in [7, 11) is 0. The maximum atomic E-state index is 6.06. The van der Waals surface area contributed by atoms with E-state index >= 15 is 0 Å². The zero-order valence-electron chi connectivity index (χ0n) is 9.82. The molecule has 1 saturated carbocycles. The van der Waals surface area contributed by atoms with Gasteiger partial charge in [0.05, 0.1) is 0 Å². The van der Waals surface area contributed by atoms with Crippen molar-refractivity contribution in [3.63, 3.8) is 0 Å². The van der Waals surface area contributed by atoms with Gasteiger partial charge in [0.25, 0.3) is 0 Å². The van der Waals surface area contributed by atoms with E-state index in [4.69, 9.17) is 11.6 Å². The molecule has 0 aromatic rings. The van der Waals surface area contributed by atoms with Crippen LogP contribution in [0.5, 0.6) is 0 Å². The van der Waals surface area contributed by atoms with Gasteiger partial charge in [-0.1, -0.05) is 41.5 Å². The summed E-state index contributed by atoms with van der Waals surface area (Å²) in [6.07, 6.45) is 0. The predicted molar refractivity (Wildman–Crippen MR) is 60.1 cm³/mol. The van der Waals surface area contributed by atoms with Gasteiger partial charge < -0.3 is 0 Å². The van der Waals surface area contributed by atoms with E-state index in [0.717, 1.165) is 17.7 Å². The Kier molecular flexibility index (Phi) is 2.76. The SMILES string of the molecule is CC(C)C1(C(C)C)C(CCl)C1(C)C. The summed E-state index contributed by atoms with van der Waals surface area (Å²) in [6, 6.07) is 0. The summed E-state index contributed by atoms with van der Waals surface area (Å²) in [4.78, 5) is 0. The molecule has 0 amide bonds. The van der Waals surface area contributed by atoms with Crippen LogP contribution < -0.4 is 0 Å². The lowest BCUT2D eigenvalue weighted by Crippen LogP contribution is -2.23. The van der Waals surface area contributed by atoms with E-state index in [2.05, 4.69) is 41.5 Å². The van der Waals surface area contributed by atoms with E-state index in [9.17, 15) is 0 Å². The summed E-state index contributed by atoms with van der Waals surface area (Å²) >= 11 is 6.06. The molecule has 1 aliphatic rings. The monoisotopic (exact) mass is 202 g/mol. The van der Waals surface area contributed by atoms with E-state index in [1.165, 1.54) is 0 Å². The molecule has 1 aliphatic carbocycles. The number of hydrogen-bond donors (Lipinski definition) is 0. The molecule has 1 heteroatoms. The second-order valence-corrected chi connectivity index (χ2v) is 5.98. The average molecular weight is 203 g/mol. The highest BCUT2D eigenvalue weighted by Crippen LogP contribution is 2.75. The van der Waals surface area contributed by atoms with Crippen molar-refractivity contribution in [1.82, 2.24) is 0 Å². The quantitative estimate of drug-likeness (QED) is 0.603. The third-order valence-electron chi connectivity index (χ3n) is 4.55. The highest BCUT2D eigenvalue weighted by molar-refractivity contribution is 6.18. The lowest BCUT2D eigenvalue weighted by molar-refractivity contribution is 0.191. The Balaban J connectivity index is 2.97. The van der Waals surface area contributed by atoms with E-state index in [1.54, 1.807) is 0 Å². The van der Waals surface area contributed by atoms with Gasteiger partial charge in [0.2, 0.25) is 0 Å². The molecule has 13 heavy (non-hydrogen) atoms. The van der Waals surface area contributed by atoms with Crippen LogP contribution >= 0.6 is 11.6 Å². The fourth-order valence-corrected chi connectivity index (χ4v) is 4.86. The van der Waals surface area contributed by atoms with Crippen LogP contribution in [-0.2, 0) is 0 Å². The zero-order valence-corrected chi connectivity index (χ0v) is 10.6. The second kappa shape index (κ2) is 3.15. The van der Waals surface area contributed by atoms with Gasteiger partial charge >= 0.3 is 0 Å². The highest BCUT2D eigenvalue weighted by Gasteiger charge is 2.72. The molecule has 0 bridgehead atoms. The maximum absolute atomic E-state index is 6.06. The van der Waals surface area contributed by atoms with Gasteiger partial charge in [-0.25, -0.2) is 0 Å². The Morgan fingerprint density at radius 1 is 1.08 bits per heavy atom. The normalized spacial score (nSPS) is 29.8. The van der Waals surface area contributed by atoms with Crippen molar-refractivity contribution in [2.45, 2.75) is 41.5 Å². The first-order valence-electron chi connectivity index (χ1n) is 5.39. The van der Waals surface area contributed by atoms with Gasteiger partial charge in [-0.05, 0) is 28.6 Å². The molecular formula is C12H23Cl. The van der Waals surface area contributed by atoms with Crippen LogP contribution in [0.3, 0.4) is 0 Å². The molecule has 0 radical (unpaired) electrons. The average Bonchev–Trinajstić information content (AvgIpc) is 2.47. The standard InChI is InChI=1S/C12H23Cl/c1-8(2)12(9(3)4)10(7-13)11(12,5)6/h8-10H,7H2,1-6H3. The number of alkyl halides is 1. The Labute approximate surface area is 88.1 Å². The third-order valence-corrected chi connectivity index (χ3v) is 4.85. The van der Waals surface area contributed by atoms with Crippen LogP contribution in [0.4, 0.5) is 0 Å². The smallest absolute Gasteiger partial charge is 0.0262 e. The molecule has 78 valence electrons. The van der Waals surface area contributed by atoms with Crippen LogP contribution in [-0.4, -0.2) is 5.88 Å². The molecule has 0 N–H and O–H groups in total. The maximum Gasteiger partial charge on any atom is 0.0262 e. The molecular weight excluding hydrogens is 180 g/mol. The summed E-state index contributed by atoms with van der Waals surface area (Å²) < 4.78 is 0. The molecule has 0 heterocycles. The summed E-state index contributed by atoms with van der Waals surface area (Å²) in [6.45, 7) is 14.1. The number of rotatable bonds is 3. The predicted octanol–water partition coefficient (Wildman–Crippen LogP) is 4.18. The minimum absolute atomic E-state index is 0.442. The van der Waals surface area contributed by atoms with E-state index in [0.29, 0.717) is 16.7 Å². The summed E-state index contributed by atoms with van der Waals surface area (Å²) in [5.41, 5.74) is 0.922. The van der Waals surface area contributed by atoms with Crippen molar-refractivity contribution in [3.05, 3.63) is 0 Å². The molecule has 0 aliphatic heterocycles. The molecule has 1 unspecified atom stereocenters. The van der Waals surface area contributed by atoms with E-state index < -0.39 is 0 Å². The lowest BCUT2D eigenvalue weighted by atomic mass is 9.76. The van der Waals surface area contributed by atoms with Crippen molar-refractivity contribution in [1.29, 1.82) is 0 Å². The fraction of sp³-hybridized carbons (Fsp3) is 1.00. The van der Waals surface area contributed by atoms with Gasteiger partial charge in [-0.15, -0.1) is 11.6 Å². The molecule has 1 atom stereocenters. The zero-order chi connectivity index (χ0) is 10.4. The first-order valence-corrected chi connectivity index (χ1v) is 5.92. The first-order chi connectivity index (χ1) is 5.83. The lowest BCUT2D eigenvalue weighted by Gasteiger charge is -2.29. The van der Waals surface area contributed by atoms with Crippen LogP contribution in [0.25, 0.3) is 0 Å². The second-order valence-electron chi connectivity index (χ2n) is 5.67. The van der Waals surface area contributed by atoms with Crippen molar-refractivity contribution in [3.8, 4) is 0 Å². The van der Waals surface area contributed by atoms with Gasteiger partial charge in [0.1, 0.15) is 0 Å². The number of halogens is 1. The van der Waals surface area contributed by atoms with Crippen molar-refractivity contribution in [2.24, 2.45) is 28.6 Å². The minimum atomic E-state index is 0.442. The largest absolute Gasteiger partial charge is 0.126 e.